The van der Waals surface area contributed by atoms with E-state index in [0.29, 0.717) is 6.42 Å². The molecule has 0 spiro atoms. The summed E-state index contributed by atoms with van der Waals surface area (Å²) in [5, 5.41) is 7.17. The lowest BCUT2D eigenvalue weighted by Gasteiger charge is -2.32. The Kier molecular flexibility index (Phi) is 13.1. The van der Waals surface area contributed by atoms with Crippen LogP contribution in [-0.2, 0) is 41.6 Å². The third-order valence-electron chi connectivity index (χ3n) is 8.67. The molecule has 0 heterocycles. The normalized spacial score (nSPS) is 14.0. The van der Waals surface area contributed by atoms with Crippen molar-refractivity contribution in [3.05, 3.63) is 83.9 Å². The van der Waals surface area contributed by atoms with Gasteiger partial charge in [0.1, 0.15) is 5.78 Å². The average Bonchev–Trinajstić information content (AvgIpc) is 3.03. The molecule has 0 aliphatic carbocycles. The highest BCUT2D eigenvalue weighted by molar-refractivity contribution is 6.38. The number of fused-ring (bicyclic) bond motifs is 1. The molecule has 0 aliphatic rings. The van der Waals surface area contributed by atoms with Gasteiger partial charge in [0.05, 0.1) is 12.6 Å². The fourth-order valence-electron chi connectivity index (χ4n) is 5.55. The first-order valence-electron chi connectivity index (χ1n) is 16.2. The molecule has 0 aliphatic heterocycles. The quantitative estimate of drug-likeness (QED) is 0.184. The van der Waals surface area contributed by atoms with Crippen LogP contribution in [0.2, 0.25) is 0 Å². The number of hydrogen-bond acceptors (Lipinski definition) is 6. The minimum atomic E-state index is -1.15. The van der Waals surface area contributed by atoms with Crippen LogP contribution in [0.5, 0.6) is 0 Å². The van der Waals surface area contributed by atoms with E-state index >= 15 is 0 Å². The van der Waals surface area contributed by atoms with E-state index in [1.807, 2.05) is 100 Å². The highest BCUT2D eigenvalue weighted by Crippen LogP contribution is 2.30. The highest BCUT2D eigenvalue weighted by Gasteiger charge is 2.38. The maximum absolute atomic E-state index is 13.6. The molecule has 0 saturated carbocycles. The molecule has 9 nitrogen and oxygen atoms in total. The van der Waals surface area contributed by atoms with Gasteiger partial charge in [0.2, 0.25) is 17.6 Å². The number of nitrogens with two attached hydrogens (primary N) is 1. The number of Topliss-reactive ketones (excluding diaryl/α,β-unsaturated/α-hetero) is 3. The number of nitrogens with one attached hydrogen (secondary N) is 2. The van der Waals surface area contributed by atoms with Gasteiger partial charge in [-0.3, -0.25) is 28.8 Å². The Hall–Kier alpha value is -4.66. The Morgan fingerprint density at radius 3 is 2.04 bits per heavy atom. The Labute approximate surface area is 277 Å². The minimum Gasteiger partial charge on any atom is -0.369 e. The smallest absolute Gasteiger partial charge is 0.289 e. The molecule has 3 aromatic rings. The molecule has 4 N–H and O–H groups in total. The average molecular weight is 642 g/mol. The zero-order chi connectivity index (χ0) is 34.7. The van der Waals surface area contributed by atoms with Crippen molar-refractivity contribution in [2.24, 2.45) is 28.9 Å². The summed E-state index contributed by atoms with van der Waals surface area (Å²) in [7, 11) is 0. The molecule has 3 rings (SSSR count). The van der Waals surface area contributed by atoms with E-state index in [2.05, 4.69) is 10.6 Å². The van der Waals surface area contributed by atoms with Gasteiger partial charge in [-0.05, 0) is 39.7 Å². The first-order chi connectivity index (χ1) is 22.2. The molecule has 3 aromatic carbocycles. The molecule has 0 aromatic heterocycles. The first-order valence-corrected chi connectivity index (χ1v) is 16.2. The molecular weight excluding hydrogens is 594 g/mol. The van der Waals surface area contributed by atoms with Gasteiger partial charge in [-0.15, -0.1) is 0 Å². The Bertz CT molecular complexity index is 1590. The highest BCUT2D eigenvalue weighted by atomic mass is 16.2. The minimum absolute atomic E-state index is 0.0213. The van der Waals surface area contributed by atoms with Crippen LogP contribution in [0.3, 0.4) is 0 Å². The number of benzene rings is 3. The third-order valence-corrected chi connectivity index (χ3v) is 8.67. The lowest BCUT2D eigenvalue weighted by Crippen LogP contribution is -2.53. The fourth-order valence-corrected chi connectivity index (χ4v) is 5.55. The van der Waals surface area contributed by atoms with Gasteiger partial charge in [-0.1, -0.05) is 114 Å². The summed E-state index contributed by atoms with van der Waals surface area (Å²) in [5.41, 5.74) is 6.71. The van der Waals surface area contributed by atoms with Gasteiger partial charge in [0, 0.05) is 31.1 Å². The molecule has 0 fully saturated rings. The Balaban J connectivity index is 1.62. The maximum Gasteiger partial charge on any atom is 0.289 e. The molecule has 1 unspecified atom stereocenters. The van der Waals surface area contributed by atoms with E-state index < -0.39 is 65.0 Å². The van der Waals surface area contributed by atoms with Crippen molar-refractivity contribution in [3.8, 4) is 0 Å². The van der Waals surface area contributed by atoms with Crippen molar-refractivity contribution in [1.82, 2.24) is 10.6 Å². The van der Waals surface area contributed by atoms with Crippen molar-refractivity contribution in [1.29, 1.82) is 0 Å². The fraction of sp³-hybridized carbons (Fsp3) is 0.421. The molecule has 0 radical (unpaired) electrons. The largest absolute Gasteiger partial charge is 0.369 e. The van der Waals surface area contributed by atoms with Gasteiger partial charge in [-0.25, -0.2) is 0 Å². The number of carbonyl (C=O) groups is 6. The van der Waals surface area contributed by atoms with Crippen molar-refractivity contribution >= 4 is 45.8 Å². The van der Waals surface area contributed by atoms with Gasteiger partial charge in [-0.2, -0.15) is 0 Å². The summed E-state index contributed by atoms with van der Waals surface area (Å²) >= 11 is 0. The number of carbonyl (C=O) groups excluding carboxylic acids is 6. The van der Waals surface area contributed by atoms with Crippen molar-refractivity contribution in [2.75, 3.05) is 6.54 Å². The van der Waals surface area contributed by atoms with E-state index in [9.17, 15) is 28.8 Å². The summed E-state index contributed by atoms with van der Waals surface area (Å²) in [4.78, 5) is 77.8. The summed E-state index contributed by atoms with van der Waals surface area (Å²) in [6.07, 6.45) is 0.706. The van der Waals surface area contributed by atoms with Gasteiger partial charge < -0.3 is 16.4 Å². The van der Waals surface area contributed by atoms with Crippen LogP contribution in [0.25, 0.3) is 10.8 Å². The third kappa shape index (κ3) is 11.0. The van der Waals surface area contributed by atoms with Crippen LogP contribution >= 0.6 is 0 Å². The molecule has 9 heteroatoms. The van der Waals surface area contributed by atoms with Gasteiger partial charge >= 0.3 is 0 Å². The van der Waals surface area contributed by atoms with Crippen LogP contribution in [0, 0.1) is 23.2 Å². The van der Waals surface area contributed by atoms with Gasteiger partial charge in [0.15, 0.2) is 5.78 Å². The molecule has 250 valence electrons. The SMILES string of the molecule is CC[C@H](C)C(NC(=O)[C@@H](CC(=O)Cc1ccccc1)C(C)(C)C)C(=O)C(=O)NCC(=O)C[C@@H](Cc1ccc2ccccc2c1)C(N)=O. The van der Waals surface area contributed by atoms with Crippen molar-refractivity contribution in [2.45, 2.75) is 72.8 Å². The Morgan fingerprint density at radius 1 is 0.787 bits per heavy atom. The van der Waals surface area contributed by atoms with E-state index in [4.69, 9.17) is 5.73 Å². The molecule has 0 saturated heterocycles. The maximum atomic E-state index is 13.6. The first kappa shape index (κ1) is 36.8. The van der Waals surface area contributed by atoms with Gasteiger partial charge in [0.25, 0.3) is 5.91 Å². The van der Waals surface area contributed by atoms with E-state index in [-0.39, 0.29) is 31.5 Å². The van der Waals surface area contributed by atoms with Crippen LogP contribution in [-0.4, -0.2) is 47.7 Å². The lowest BCUT2D eigenvalue weighted by atomic mass is 9.76. The topological polar surface area (TPSA) is 152 Å². The lowest BCUT2D eigenvalue weighted by molar-refractivity contribution is -0.142. The summed E-state index contributed by atoms with van der Waals surface area (Å²) in [6.45, 7) is 8.67. The zero-order valence-electron chi connectivity index (χ0n) is 28.0. The second kappa shape index (κ2) is 16.8. The number of hydrogen-bond donors (Lipinski definition) is 3. The summed E-state index contributed by atoms with van der Waals surface area (Å²) < 4.78 is 0. The standard InChI is InChI=1S/C38H47N3O6/c1-6-24(2)33(41-36(46)32(38(3,4)5)22-30(42)20-25-12-8-7-9-13-25)34(44)37(47)40-23-31(43)21-29(35(39)45)19-26-16-17-27-14-10-11-15-28(27)18-26/h7-18,24,29,32-33H,6,19-23H2,1-5H3,(H2,39,45)(H,40,47)(H,41,46)/t24-,29+,32+,33?/m0/s1. The zero-order valence-corrected chi connectivity index (χ0v) is 28.0. The molecule has 4 atom stereocenters. The van der Waals surface area contributed by atoms with E-state index in [0.717, 1.165) is 21.9 Å². The summed E-state index contributed by atoms with van der Waals surface area (Å²) in [6, 6.07) is 21.7. The molecular formula is C38H47N3O6. The summed E-state index contributed by atoms with van der Waals surface area (Å²) in [5.74, 6) is -5.50. The molecule has 47 heavy (non-hydrogen) atoms. The monoisotopic (exact) mass is 641 g/mol. The second-order valence-corrected chi connectivity index (χ2v) is 13.5. The number of rotatable bonds is 17. The molecule has 3 amide bonds. The van der Waals surface area contributed by atoms with Crippen molar-refractivity contribution < 1.29 is 28.8 Å². The predicted molar refractivity (Wildman–Crippen MR) is 182 cm³/mol. The Morgan fingerprint density at radius 2 is 1.43 bits per heavy atom. The van der Waals surface area contributed by atoms with Crippen LogP contribution < -0.4 is 16.4 Å². The van der Waals surface area contributed by atoms with Crippen molar-refractivity contribution in [3.63, 3.8) is 0 Å². The van der Waals surface area contributed by atoms with Crippen LogP contribution in [0.15, 0.2) is 72.8 Å². The predicted octanol–water partition coefficient (Wildman–Crippen LogP) is 4.52. The van der Waals surface area contributed by atoms with Crippen LogP contribution in [0.1, 0.15) is 65.0 Å². The van der Waals surface area contributed by atoms with E-state index in [1.54, 1.807) is 6.92 Å². The molecule has 0 bridgehead atoms. The number of ketones is 3. The number of amides is 3. The van der Waals surface area contributed by atoms with E-state index in [1.165, 1.54) is 0 Å². The second-order valence-electron chi connectivity index (χ2n) is 13.5. The number of primary amides is 1. The van der Waals surface area contributed by atoms with Crippen LogP contribution in [0.4, 0.5) is 0 Å².